The molecule has 0 aliphatic carbocycles. The quantitative estimate of drug-likeness (QED) is 0.459. The molecule has 0 bridgehead atoms. The normalized spacial score (nSPS) is 14.2. The lowest BCUT2D eigenvalue weighted by atomic mass is 9.90. The zero-order valence-electron chi connectivity index (χ0n) is 17.3. The van der Waals surface area contributed by atoms with E-state index >= 15 is 0 Å². The van der Waals surface area contributed by atoms with Gasteiger partial charge in [-0.15, -0.1) is 10.2 Å². The number of benzene rings is 2. The fourth-order valence-electron chi connectivity index (χ4n) is 3.85. The van der Waals surface area contributed by atoms with Gasteiger partial charge in [0, 0.05) is 24.8 Å². The molecule has 1 fully saturated rings. The number of anilines is 2. The van der Waals surface area contributed by atoms with Gasteiger partial charge in [-0.2, -0.15) is 4.39 Å². The highest BCUT2D eigenvalue weighted by atomic mass is 19.1. The van der Waals surface area contributed by atoms with Crippen LogP contribution in [-0.2, 0) is 6.42 Å². The Morgan fingerprint density at radius 3 is 2.50 bits per heavy atom. The monoisotopic (exact) mass is 435 g/mol. The lowest BCUT2D eigenvalue weighted by Gasteiger charge is -2.32. The Hall–Kier alpha value is -3.88. The predicted molar refractivity (Wildman–Crippen MR) is 118 cm³/mol. The van der Waals surface area contributed by atoms with Gasteiger partial charge in [0.2, 0.25) is 5.82 Å². The number of amides is 1. The molecule has 1 aromatic heterocycles. The molecule has 1 N–H and O–H groups in total. The molecule has 1 saturated heterocycles. The Balaban J connectivity index is 1.34. The van der Waals surface area contributed by atoms with Crippen molar-refractivity contribution in [2.24, 2.45) is 5.92 Å². The number of carbonyl (C=O) groups excluding carboxylic acids is 1. The van der Waals surface area contributed by atoms with Crippen LogP contribution in [0.1, 0.15) is 28.9 Å². The smallest absolute Gasteiger partial charge is 0.306 e. The van der Waals surface area contributed by atoms with Crippen LogP contribution in [0.15, 0.2) is 60.7 Å². The largest absolute Gasteiger partial charge is 0.355 e. The third-order valence-corrected chi connectivity index (χ3v) is 5.59. The fourth-order valence-corrected chi connectivity index (χ4v) is 3.85. The summed E-state index contributed by atoms with van der Waals surface area (Å²) in [5.74, 6) is -0.209. The van der Waals surface area contributed by atoms with Gasteiger partial charge in [0.1, 0.15) is 0 Å². The van der Waals surface area contributed by atoms with Crippen LogP contribution in [0.25, 0.3) is 0 Å². The van der Waals surface area contributed by atoms with Gasteiger partial charge in [-0.25, -0.2) is 0 Å². The number of nitro benzene ring substituents is 1. The first-order valence-corrected chi connectivity index (χ1v) is 10.4. The van der Waals surface area contributed by atoms with Gasteiger partial charge in [-0.1, -0.05) is 30.3 Å². The maximum absolute atomic E-state index is 13.5. The van der Waals surface area contributed by atoms with Gasteiger partial charge < -0.3 is 10.2 Å². The molecule has 164 valence electrons. The summed E-state index contributed by atoms with van der Waals surface area (Å²) in [5, 5.41) is 21.5. The minimum Gasteiger partial charge on any atom is -0.355 e. The molecule has 32 heavy (non-hydrogen) atoms. The number of hydrogen-bond donors (Lipinski definition) is 1. The summed E-state index contributed by atoms with van der Waals surface area (Å²) < 4.78 is 13.5. The molecule has 0 saturated carbocycles. The first-order chi connectivity index (χ1) is 15.5. The van der Waals surface area contributed by atoms with E-state index in [2.05, 4.69) is 44.7 Å². The second kappa shape index (κ2) is 9.51. The summed E-state index contributed by atoms with van der Waals surface area (Å²) >= 11 is 0. The molecule has 0 spiro atoms. The van der Waals surface area contributed by atoms with Gasteiger partial charge in [0.15, 0.2) is 11.5 Å². The number of aromatic nitrogens is 2. The molecule has 9 heteroatoms. The van der Waals surface area contributed by atoms with Crippen LogP contribution in [0.2, 0.25) is 0 Å². The highest BCUT2D eigenvalue weighted by Crippen LogP contribution is 2.25. The SMILES string of the molecule is O=C(Nc1ccc(F)c([N+](=O)[O-])c1)c1ccc(N2CCC(Cc3ccccc3)CC2)nn1. The van der Waals surface area contributed by atoms with Crippen LogP contribution in [0, 0.1) is 21.8 Å². The average molecular weight is 435 g/mol. The minimum atomic E-state index is -0.968. The van der Waals surface area contributed by atoms with Crippen molar-refractivity contribution in [2.45, 2.75) is 19.3 Å². The van der Waals surface area contributed by atoms with Crippen LogP contribution >= 0.6 is 0 Å². The van der Waals surface area contributed by atoms with Crippen LogP contribution in [-0.4, -0.2) is 34.1 Å². The number of rotatable bonds is 6. The van der Waals surface area contributed by atoms with Crippen LogP contribution in [0.3, 0.4) is 0 Å². The number of halogens is 1. The molecule has 0 radical (unpaired) electrons. The Morgan fingerprint density at radius 1 is 1.09 bits per heavy atom. The summed E-state index contributed by atoms with van der Waals surface area (Å²) in [7, 11) is 0. The second-order valence-corrected chi connectivity index (χ2v) is 7.77. The van der Waals surface area contributed by atoms with Crippen molar-refractivity contribution >= 4 is 23.1 Å². The standard InChI is InChI=1S/C23H22FN5O3/c24-19-7-6-18(15-21(19)29(31)32)25-23(30)20-8-9-22(27-26-20)28-12-10-17(11-13-28)14-16-4-2-1-3-5-16/h1-9,15,17H,10-14H2,(H,25,30). The molecule has 8 nitrogen and oxygen atoms in total. The lowest BCUT2D eigenvalue weighted by Crippen LogP contribution is -2.35. The van der Waals surface area contributed by atoms with Crippen molar-refractivity contribution in [1.29, 1.82) is 0 Å². The number of nitro groups is 1. The molecule has 1 aliphatic heterocycles. The zero-order valence-corrected chi connectivity index (χ0v) is 17.3. The fraction of sp³-hybridized carbons (Fsp3) is 0.261. The Labute approximate surface area is 184 Å². The highest BCUT2D eigenvalue weighted by molar-refractivity contribution is 6.02. The number of nitrogens with one attached hydrogen (secondary N) is 1. The molecule has 1 amide bonds. The minimum absolute atomic E-state index is 0.0692. The lowest BCUT2D eigenvalue weighted by molar-refractivity contribution is -0.387. The van der Waals surface area contributed by atoms with E-state index < -0.39 is 22.3 Å². The van der Waals surface area contributed by atoms with Gasteiger partial charge >= 0.3 is 5.69 Å². The van der Waals surface area contributed by atoms with Gasteiger partial charge in [-0.05, 0) is 55.0 Å². The van der Waals surface area contributed by atoms with E-state index in [1.165, 1.54) is 11.6 Å². The van der Waals surface area contributed by atoms with Gasteiger partial charge in [0.25, 0.3) is 5.91 Å². The van der Waals surface area contributed by atoms with E-state index in [1.54, 1.807) is 12.1 Å². The van der Waals surface area contributed by atoms with Crippen molar-refractivity contribution in [2.75, 3.05) is 23.3 Å². The molecule has 1 aliphatic rings. The third-order valence-electron chi connectivity index (χ3n) is 5.59. The maximum Gasteiger partial charge on any atom is 0.306 e. The molecular weight excluding hydrogens is 413 g/mol. The number of carbonyl (C=O) groups is 1. The summed E-state index contributed by atoms with van der Waals surface area (Å²) in [6.07, 6.45) is 3.19. The summed E-state index contributed by atoms with van der Waals surface area (Å²) in [5.41, 5.74) is 0.821. The molecule has 2 heterocycles. The predicted octanol–water partition coefficient (Wildman–Crippen LogP) is 4.24. The van der Waals surface area contributed by atoms with E-state index in [0.29, 0.717) is 11.7 Å². The van der Waals surface area contributed by atoms with E-state index in [1.807, 2.05) is 6.07 Å². The van der Waals surface area contributed by atoms with E-state index in [0.717, 1.165) is 44.5 Å². The molecule has 0 unspecified atom stereocenters. The third kappa shape index (κ3) is 5.05. The van der Waals surface area contributed by atoms with Crippen molar-refractivity contribution in [3.63, 3.8) is 0 Å². The van der Waals surface area contributed by atoms with E-state index in [9.17, 15) is 19.3 Å². The molecular formula is C23H22FN5O3. The first kappa shape index (κ1) is 21.4. The Bertz CT molecular complexity index is 1100. The topological polar surface area (TPSA) is 101 Å². The van der Waals surface area contributed by atoms with Crippen LogP contribution < -0.4 is 10.2 Å². The Kier molecular flexibility index (Phi) is 6.34. The van der Waals surface area contributed by atoms with Crippen molar-refractivity contribution in [3.05, 3.63) is 87.9 Å². The highest BCUT2D eigenvalue weighted by Gasteiger charge is 2.21. The van der Waals surface area contributed by atoms with Crippen LogP contribution in [0.4, 0.5) is 21.6 Å². The van der Waals surface area contributed by atoms with E-state index in [4.69, 9.17) is 0 Å². The Morgan fingerprint density at radius 2 is 1.84 bits per heavy atom. The van der Waals surface area contributed by atoms with Crippen LogP contribution in [0.5, 0.6) is 0 Å². The maximum atomic E-state index is 13.5. The first-order valence-electron chi connectivity index (χ1n) is 10.4. The zero-order chi connectivity index (χ0) is 22.5. The molecule has 4 rings (SSSR count). The number of nitrogens with zero attached hydrogens (tertiary/aromatic N) is 4. The van der Waals surface area contributed by atoms with Crippen molar-refractivity contribution < 1.29 is 14.1 Å². The average Bonchev–Trinajstić information content (AvgIpc) is 2.81. The number of hydrogen-bond acceptors (Lipinski definition) is 6. The summed E-state index contributed by atoms with van der Waals surface area (Å²) in [6.45, 7) is 1.74. The van der Waals surface area contributed by atoms with E-state index in [-0.39, 0.29) is 11.4 Å². The number of piperidine rings is 1. The molecule has 2 aromatic carbocycles. The molecule has 3 aromatic rings. The van der Waals surface area contributed by atoms with Crippen molar-refractivity contribution in [3.8, 4) is 0 Å². The summed E-state index contributed by atoms with van der Waals surface area (Å²) in [4.78, 5) is 24.6. The van der Waals surface area contributed by atoms with Gasteiger partial charge in [0.05, 0.1) is 4.92 Å². The van der Waals surface area contributed by atoms with Crippen molar-refractivity contribution in [1.82, 2.24) is 10.2 Å². The second-order valence-electron chi connectivity index (χ2n) is 7.77. The molecule has 0 atom stereocenters. The summed E-state index contributed by atoms with van der Waals surface area (Å²) in [6, 6.07) is 16.9. The van der Waals surface area contributed by atoms with Gasteiger partial charge in [-0.3, -0.25) is 14.9 Å².